The van der Waals surface area contributed by atoms with Gasteiger partial charge in [0.1, 0.15) is 0 Å². The van der Waals surface area contributed by atoms with Crippen LogP contribution in [0.5, 0.6) is 0 Å². The van der Waals surface area contributed by atoms with Crippen LogP contribution in [0.15, 0.2) is 35.2 Å². The molecule has 1 aromatic heterocycles. The zero-order valence-corrected chi connectivity index (χ0v) is 16.3. The van der Waals surface area contributed by atoms with Gasteiger partial charge < -0.3 is 5.32 Å². The van der Waals surface area contributed by atoms with E-state index in [1.54, 1.807) is 32.0 Å². The number of hydrogen-bond acceptors (Lipinski definition) is 5. The van der Waals surface area contributed by atoms with Gasteiger partial charge in [-0.05, 0) is 57.0 Å². The van der Waals surface area contributed by atoms with Gasteiger partial charge in [0.2, 0.25) is 11.9 Å². The molecule has 8 heteroatoms. The van der Waals surface area contributed by atoms with Crippen LogP contribution in [0.25, 0.3) is 0 Å². The molecule has 1 heterocycles. The van der Waals surface area contributed by atoms with Gasteiger partial charge in [0, 0.05) is 23.0 Å². The van der Waals surface area contributed by atoms with E-state index in [4.69, 9.17) is 0 Å². The summed E-state index contributed by atoms with van der Waals surface area (Å²) in [4.78, 5) is 20.6. The third-order valence-electron chi connectivity index (χ3n) is 4.62. The number of sulfonamides is 1. The molecule has 1 aliphatic rings. The Morgan fingerprint density at radius 2 is 1.59 bits per heavy atom. The average Bonchev–Trinajstić information content (AvgIpc) is 2.61. The van der Waals surface area contributed by atoms with E-state index in [-0.39, 0.29) is 22.7 Å². The number of nitrogens with zero attached hydrogens (tertiary/aromatic N) is 2. The standard InChI is InChI=1S/C19H24N4O3S/c1-13-12-14(2)21-19(20-13)23-27(25,26)17-10-8-16(9-11-17)22-18(24)15-6-4-3-5-7-15/h8-12,15H,3-7H2,1-2H3,(H,22,24)(H,20,21,23). The molecular weight excluding hydrogens is 364 g/mol. The Labute approximate surface area is 159 Å². The maximum atomic E-state index is 12.5. The predicted molar refractivity (Wildman–Crippen MR) is 104 cm³/mol. The Bertz CT molecular complexity index is 900. The van der Waals surface area contributed by atoms with Gasteiger partial charge in [-0.1, -0.05) is 19.3 Å². The van der Waals surface area contributed by atoms with Crippen LogP contribution in [0.4, 0.5) is 11.6 Å². The van der Waals surface area contributed by atoms with Gasteiger partial charge in [0.15, 0.2) is 0 Å². The molecule has 7 nitrogen and oxygen atoms in total. The lowest BCUT2D eigenvalue weighted by Crippen LogP contribution is -2.24. The van der Waals surface area contributed by atoms with Crippen LogP contribution in [0.2, 0.25) is 0 Å². The smallest absolute Gasteiger partial charge is 0.264 e. The number of aryl methyl sites for hydroxylation is 2. The fourth-order valence-corrected chi connectivity index (χ4v) is 4.22. The summed E-state index contributed by atoms with van der Waals surface area (Å²) in [5, 5.41) is 2.88. The SMILES string of the molecule is Cc1cc(C)nc(NS(=O)(=O)c2ccc(NC(=O)C3CCCCC3)cc2)n1. The predicted octanol–water partition coefficient (Wildman–Crippen LogP) is 3.41. The number of carbonyl (C=O) groups excluding carboxylic acids is 1. The first-order chi connectivity index (χ1) is 12.8. The molecule has 0 saturated heterocycles. The maximum Gasteiger partial charge on any atom is 0.264 e. The topological polar surface area (TPSA) is 101 Å². The summed E-state index contributed by atoms with van der Waals surface area (Å²) in [6, 6.07) is 7.87. The number of nitrogens with one attached hydrogen (secondary N) is 2. The van der Waals surface area contributed by atoms with Crippen LogP contribution in [-0.2, 0) is 14.8 Å². The van der Waals surface area contributed by atoms with Crippen molar-refractivity contribution < 1.29 is 13.2 Å². The van der Waals surface area contributed by atoms with Crippen molar-refractivity contribution >= 4 is 27.6 Å². The van der Waals surface area contributed by atoms with Crippen molar-refractivity contribution in [3.63, 3.8) is 0 Å². The van der Waals surface area contributed by atoms with Crippen molar-refractivity contribution in [2.75, 3.05) is 10.0 Å². The van der Waals surface area contributed by atoms with Gasteiger partial charge in [0.25, 0.3) is 10.0 Å². The van der Waals surface area contributed by atoms with E-state index in [2.05, 4.69) is 20.0 Å². The van der Waals surface area contributed by atoms with Crippen molar-refractivity contribution in [1.29, 1.82) is 0 Å². The lowest BCUT2D eigenvalue weighted by Gasteiger charge is -2.20. The molecule has 2 N–H and O–H groups in total. The van der Waals surface area contributed by atoms with Crippen LogP contribution in [0.1, 0.15) is 43.5 Å². The number of carbonyl (C=O) groups is 1. The summed E-state index contributed by atoms with van der Waals surface area (Å²) in [5.74, 6) is 0.0970. The summed E-state index contributed by atoms with van der Waals surface area (Å²) < 4.78 is 27.4. The van der Waals surface area contributed by atoms with Crippen LogP contribution < -0.4 is 10.0 Å². The highest BCUT2D eigenvalue weighted by Gasteiger charge is 2.21. The average molecular weight is 388 g/mol. The molecule has 0 spiro atoms. The maximum absolute atomic E-state index is 12.5. The molecule has 1 aromatic carbocycles. The second kappa shape index (κ2) is 8.04. The fourth-order valence-electron chi connectivity index (χ4n) is 3.28. The monoisotopic (exact) mass is 388 g/mol. The number of anilines is 2. The fraction of sp³-hybridized carbons (Fsp3) is 0.421. The second-order valence-electron chi connectivity index (χ2n) is 6.93. The molecule has 2 aromatic rings. The van der Waals surface area contributed by atoms with Crippen molar-refractivity contribution in [2.45, 2.75) is 50.8 Å². The zero-order chi connectivity index (χ0) is 19.4. The molecule has 1 saturated carbocycles. The van der Waals surface area contributed by atoms with E-state index >= 15 is 0 Å². The van der Waals surface area contributed by atoms with Crippen LogP contribution in [-0.4, -0.2) is 24.3 Å². The molecule has 1 amide bonds. The first kappa shape index (κ1) is 19.3. The number of benzene rings is 1. The van der Waals surface area contributed by atoms with Gasteiger partial charge in [-0.25, -0.2) is 23.1 Å². The Kier molecular flexibility index (Phi) is 5.74. The van der Waals surface area contributed by atoms with Gasteiger partial charge in [-0.3, -0.25) is 4.79 Å². The van der Waals surface area contributed by atoms with Crippen molar-refractivity contribution in [3.8, 4) is 0 Å². The first-order valence-corrected chi connectivity index (χ1v) is 10.6. The number of aromatic nitrogens is 2. The van der Waals surface area contributed by atoms with Gasteiger partial charge in [0.05, 0.1) is 4.90 Å². The van der Waals surface area contributed by atoms with Gasteiger partial charge >= 0.3 is 0 Å². The summed E-state index contributed by atoms with van der Waals surface area (Å²) in [6.07, 6.45) is 5.19. The normalized spacial score (nSPS) is 15.3. The second-order valence-corrected chi connectivity index (χ2v) is 8.61. The van der Waals surface area contributed by atoms with E-state index in [1.807, 2.05) is 0 Å². The Morgan fingerprint density at radius 3 is 2.19 bits per heavy atom. The molecule has 0 unspecified atom stereocenters. The summed E-state index contributed by atoms with van der Waals surface area (Å²) in [7, 11) is -3.80. The van der Waals surface area contributed by atoms with E-state index in [1.165, 1.54) is 18.6 Å². The molecular formula is C19H24N4O3S. The van der Waals surface area contributed by atoms with E-state index in [0.717, 1.165) is 25.7 Å². The lowest BCUT2D eigenvalue weighted by molar-refractivity contribution is -0.120. The molecule has 27 heavy (non-hydrogen) atoms. The molecule has 0 radical (unpaired) electrons. The van der Waals surface area contributed by atoms with E-state index in [9.17, 15) is 13.2 Å². The third-order valence-corrected chi connectivity index (χ3v) is 5.96. The molecule has 0 atom stereocenters. The lowest BCUT2D eigenvalue weighted by atomic mass is 9.88. The summed E-state index contributed by atoms with van der Waals surface area (Å²) in [6.45, 7) is 3.55. The highest BCUT2D eigenvalue weighted by molar-refractivity contribution is 7.92. The minimum atomic E-state index is -3.80. The molecule has 3 rings (SSSR count). The molecule has 0 aliphatic heterocycles. The zero-order valence-electron chi connectivity index (χ0n) is 15.5. The molecule has 1 aliphatic carbocycles. The Balaban J connectivity index is 1.69. The largest absolute Gasteiger partial charge is 0.326 e. The van der Waals surface area contributed by atoms with E-state index in [0.29, 0.717) is 17.1 Å². The minimum absolute atomic E-state index is 0.00654. The first-order valence-electron chi connectivity index (χ1n) is 9.09. The number of rotatable bonds is 5. The highest BCUT2D eigenvalue weighted by atomic mass is 32.2. The third kappa shape index (κ3) is 5.03. The summed E-state index contributed by atoms with van der Waals surface area (Å²) in [5.41, 5.74) is 1.95. The van der Waals surface area contributed by atoms with Crippen LogP contribution >= 0.6 is 0 Å². The number of hydrogen-bond donors (Lipinski definition) is 2. The van der Waals surface area contributed by atoms with Crippen molar-refractivity contribution in [3.05, 3.63) is 41.7 Å². The van der Waals surface area contributed by atoms with Crippen LogP contribution in [0, 0.1) is 19.8 Å². The Morgan fingerprint density at radius 1 is 1.00 bits per heavy atom. The minimum Gasteiger partial charge on any atom is -0.326 e. The number of amides is 1. The van der Waals surface area contributed by atoms with Crippen molar-refractivity contribution in [1.82, 2.24) is 9.97 Å². The molecule has 144 valence electrons. The summed E-state index contributed by atoms with van der Waals surface area (Å²) >= 11 is 0. The van der Waals surface area contributed by atoms with Gasteiger partial charge in [-0.15, -0.1) is 0 Å². The van der Waals surface area contributed by atoms with Crippen LogP contribution in [0.3, 0.4) is 0 Å². The highest BCUT2D eigenvalue weighted by Crippen LogP contribution is 2.25. The van der Waals surface area contributed by atoms with Gasteiger partial charge in [-0.2, -0.15) is 0 Å². The quantitative estimate of drug-likeness (QED) is 0.817. The molecule has 1 fully saturated rings. The Hall–Kier alpha value is -2.48. The molecule has 0 bridgehead atoms. The van der Waals surface area contributed by atoms with E-state index < -0.39 is 10.0 Å². The van der Waals surface area contributed by atoms with Crippen molar-refractivity contribution in [2.24, 2.45) is 5.92 Å².